The molecule has 168 valence electrons. The molecule has 0 aliphatic heterocycles. The number of benzene rings is 2. The number of carbonyl (C=O) groups is 1. The van der Waals surface area contributed by atoms with Gasteiger partial charge in [0.2, 0.25) is 5.91 Å². The van der Waals surface area contributed by atoms with Crippen LogP contribution in [0.15, 0.2) is 48.5 Å². The average molecular weight is 445 g/mol. The SMILES string of the molecule is CC(C(C(=O)Nc1cccc(CC2CC2)c1)c1ccc(OC(F)(F)F)cc1)C(F)(F)F. The Morgan fingerprint density at radius 3 is 2.26 bits per heavy atom. The molecule has 1 fully saturated rings. The molecule has 0 saturated heterocycles. The van der Waals surface area contributed by atoms with Crippen molar-refractivity contribution in [2.75, 3.05) is 5.32 Å². The highest BCUT2D eigenvalue weighted by atomic mass is 19.4. The summed E-state index contributed by atoms with van der Waals surface area (Å²) >= 11 is 0. The molecule has 2 atom stereocenters. The van der Waals surface area contributed by atoms with Gasteiger partial charge in [0.25, 0.3) is 0 Å². The van der Waals surface area contributed by atoms with E-state index in [1.165, 1.54) is 0 Å². The van der Waals surface area contributed by atoms with Crippen molar-refractivity contribution in [3.63, 3.8) is 0 Å². The number of alkyl halides is 6. The van der Waals surface area contributed by atoms with Crippen molar-refractivity contribution >= 4 is 11.6 Å². The second-order valence-electron chi connectivity index (χ2n) is 7.76. The minimum atomic E-state index is -4.93. The number of amides is 1. The third-order valence-corrected chi connectivity index (χ3v) is 5.19. The monoisotopic (exact) mass is 445 g/mol. The van der Waals surface area contributed by atoms with Crippen molar-refractivity contribution in [2.24, 2.45) is 11.8 Å². The van der Waals surface area contributed by atoms with E-state index in [0.29, 0.717) is 11.6 Å². The highest BCUT2D eigenvalue weighted by molar-refractivity contribution is 5.96. The fourth-order valence-corrected chi connectivity index (χ4v) is 3.38. The molecule has 2 unspecified atom stereocenters. The minimum Gasteiger partial charge on any atom is -0.406 e. The van der Waals surface area contributed by atoms with Gasteiger partial charge in [-0.15, -0.1) is 13.2 Å². The first kappa shape index (κ1) is 23.0. The summed E-state index contributed by atoms with van der Waals surface area (Å²) in [6.45, 7) is 0.869. The van der Waals surface area contributed by atoms with Gasteiger partial charge in [0.05, 0.1) is 11.8 Å². The summed E-state index contributed by atoms with van der Waals surface area (Å²) in [5.41, 5.74) is 1.29. The maximum atomic E-state index is 13.4. The summed E-state index contributed by atoms with van der Waals surface area (Å²) in [4.78, 5) is 12.8. The van der Waals surface area contributed by atoms with Crippen molar-refractivity contribution in [3.8, 4) is 5.75 Å². The Balaban J connectivity index is 1.82. The summed E-state index contributed by atoms with van der Waals surface area (Å²) in [6.07, 6.45) is -6.50. The third kappa shape index (κ3) is 6.63. The molecule has 2 aromatic rings. The van der Waals surface area contributed by atoms with Crippen LogP contribution in [0.5, 0.6) is 5.75 Å². The Morgan fingerprint density at radius 2 is 1.71 bits per heavy atom. The van der Waals surface area contributed by atoms with E-state index >= 15 is 0 Å². The van der Waals surface area contributed by atoms with Crippen LogP contribution in [-0.2, 0) is 11.2 Å². The molecule has 3 rings (SSSR count). The zero-order valence-corrected chi connectivity index (χ0v) is 16.6. The molecule has 1 saturated carbocycles. The van der Waals surface area contributed by atoms with Crippen molar-refractivity contribution < 1.29 is 35.9 Å². The van der Waals surface area contributed by atoms with E-state index in [0.717, 1.165) is 56.0 Å². The van der Waals surface area contributed by atoms with Crippen molar-refractivity contribution in [3.05, 3.63) is 59.7 Å². The first-order valence-corrected chi connectivity index (χ1v) is 9.74. The highest BCUT2D eigenvalue weighted by Crippen LogP contribution is 2.39. The molecule has 1 amide bonds. The molecule has 0 spiro atoms. The number of anilines is 1. The number of carbonyl (C=O) groups excluding carboxylic acids is 1. The van der Waals surface area contributed by atoms with E-state index < -0.39 is 36.0 Å². The summed E-state index contributed by atoms with van der Waals surface area (Å²) < 4.78 is 81.1. The van der Waals surface area contributed by atoms with E-state index in [2.05, 4.69) is 10.1 Å². The number of rotatable bonds is 7. The molecule has 0 bridgehead atoms. The van der Waals surface area contributed by atoms with Crippen LogP contribution in [0.1, 0.15) is 36.8 Å². The lowest BCUT2D eigenvalue weighted by atomic mass is 9.85. The second kappa shape index (κ2) is 8.80. The van der Waals surface area contributed by atoms with Gasteiger partial charge in [-0.25, -0.2) is 0 Å². The fraction of sp³-hybridized carbons (Fsp3) is 0.409. The van der Waals surface area contributed by atoms with Gasteiger partial charge in [-0.2, -0.15) is 13.2 Å². The summed E-state index contributed by atoms with van der Waals surface area (Å²) in [7, 11) is 0. The maximum Gasteiger partial charge on any atom is 0.573 e. The van der Waals surface area contributed by atoms with Crippen LogP contribution in [0.25, 0.3) is 0 Å². The van der Waals surface area contributed by atoms with Crippen LogP contribution in [0.3, 0.4) is 0 Å². The fourth-order valence-electron chi connectivity index (χ4n) is 3.38. The minimum absolute atomic E-state index is 0.0639. The average Bonchev–Trinajstić information content (AvgIpc) is 3.45. The van der Waals surface area contributed by atoms with Crippen LogP contribution in [-0.4, -0.2) is 18.4 Å². The topological polar surface area (TPSA) is 38.3 Å². The summed E-state index contributed by atoms with van der Waals surface area (Å²) in [5.74, 6) is -4.58. The quantitative estimate of drug-likeness (QED) is 0.497. The molecule has 1 aliphatic rings. The second-order valence-corrected chi connectivity index (χ2v) is 7.76. The first-order valence-electron chi connectivity index (χ1n) is 9.74. The van der Waals surface area contributed by atoms with Gasteiger partial charge < -0.3 is 10.1 Å². The Morgan fingerprint density at radius 1 is 1.06 bits per heavy atom. The number of ether oxygens (including phenoxy) is 1. The zero-order valence-electron chi connectivity index (χ0n) is 16.6. The predicted octanol–water partition coefficient (Wildman–Crippen LogP) is 6.46. The Bertz CT molecular complexity index is 903. The number of hydrogen-bond acceptors (Lipinski definition) is 2. The van der Waals surface area contributed by atoms with Gasteiger partial charge in [-0.1, -0.05) is 31.2 Å². The molecule has 31 heavy (non-hydrogen) atoms. The lowest BCUT2D eigenvalue weighted by molar-refractivity contribution is -0.274. The van der Waals surface area contributed by atoms with Gasteiger partial charge in [0.1, 0.15) is 5.75 Å². The largest absolute Gasteiger partial charge is 0.573 e. The molecule has 2 aromatic carbocycles. The van der Waals surface area contributed by atoms with Crippen molar-refractivity contribution in [2.45, 2.75) is 44.6 Å². The van der Waals surface area contributed by atoms with E-state index in [4.69, 9.17) is 0 Å². The van der Waals surface area contributed by atoms with Crippen LogP contribution >= 0.6 is 0 Å². The number of hydrogen-bond donors (Lipinski definition) is 1. The zero-order chi connectivity index (χ0) is 22.8. The normalized spacial score (nSPS) is 16.5. The molecule has 1 aliphatic carbocycles. The Kier molecular flexibility index (Phi) is 6.52. The van der Waals surface area contributed by atoms with Crippen LogP contribution in [0.2, 0.25) is 0 Å². The lowest BCUT2D eigenvalue weighted by Crippen LogP contribution is -2.34. The molecule has 0 radical (unpaired) electrons. The van der Waals surface area contributed by atoms with E-state index in [1.54, 1.807) is 18.2 Å². The predicted molar refractivity (Wildman–Crippen MR) is 103 cm³/mol. The third-order valence-electron chi connectivity index (χ3n) is 5.19. The number of halogens is 6. The van der Waals surface area contributed by atoms with Crippen LogP contribution in [0, 0.1) is 11.8 Å². The van der Waals surface area contributed by atoms with E-state index in [9.17, 15) is 31.1 Å². The van der Waals surface area contributed by atoms with Gasteiger partial charge in [0.15, 0.2) is 0 Å². The molecular formula is C22H21F6NO2. The highest BCUT2D eigenvalue weighted by Gasteiger charge is 2.45. The van der Waals surface area contributed by atoms with E-state index in [1.807, 2.05) is 6.07 Å². The maximum absolute atomic E-state index is 13.4. The Hall–Kier alpha value is -2.71. The standard InChI is InChI=1S/C22H21F6NO2/c1-13(21(23,24)25)19(16-7-9-18(10-8-16)31-22(26,27)28)20(30)29-17-4-2-3-15(12-17)11-14-5-6-14/h2-4,7-10,12-14,19H,5-6,11H2,1H3,(H,29,30). The lowest BCUT2D eigenvalue weighted by Gasteiger charge is -2.26. The smallest absolute Gasteiger partial charge is 0.406 e. The molecule has 1 N–H and O–H groups in total. The van der Waals surface area contributed by atoms with Crippen LogP contribution in [0.4, 0.5) is 32.0 Å². The molecule has 3 nitrogen and oxygen atoms in total. The van der Waals surface area contributed by atoms with Crippen LogP contribution < -0.4 is 10.1 Å². The van der Waals surface area contributed by atoms with Crippen molar-refractivity contribution in [1.82, 2.24) is 0 Å². The van der Waals surface area contributed by atoms with Crippen molar-refractivity contribution in [1.29, 1.82) is 0 Å². The van der Waals surface area contributed by atoms with Gasteiger partial charge >= 0.3 is 12.5 Å². The summed E-state index contributed by atoms with van der Waals surface area (Å²) in [6, 6.07) is 10.8. The molecule has 0 aromatic heterocycles. The van der Waals surface area contributed by atoms with E-state index in [-0.39, 0.29) is 5.56 Å². The first-order chi connectivity index (χ1) is 14.4. The van der Waals surface area contributed by atoms with Gasteiger partial charge in [-0.3, -0.25) is 4.79 Å². The molecular weight excluding hydrogens is 424 g/mol. The Labute approximate surface area is 175 Å². The number of nitrogens with one attached hydrogen (secondary N) is 1. The molecule has 9 heteroatoms. The molecule has 0 heterocycles. The summed E-state index contributed by atoms with van der Waals surface area (Å²) in [5, 5.41) is 2.53. The van der Waals surface area contributed by atoms with Gasteiger partial charge in [-0.05, 0) is 60.6 Å². The van der Waals surface area contributed by atoms with Gasteiger partial charge in [0, 0.05) is 5.69 Å².